The monoisotopic (exact) mass is 556 g/mol. The van der Waals surface area contributed by atoms with Crippen LogP contribution in [0.15, 0.2) is 48.5 Å². The van der Waals surface area contributed by atoms with Gasteiger partial charge in [0.2, 0.25) is 17.7 Å². The van der Waals surface area contributed by atoms with E-state index >= 15 is 0 Å². The smallest absolute Gasteiger partial charge is 0.326 e. The lowest BCUT2D eigenvalue weighted by Gasteiger charge is -2.27. The van der Waals surface area contributed by atoms with Crippen LogP contribution in [0.5, 0.6) is 11.5 Å². The van der Waals surface area contributed by atoms with Crippen LogP contribution in [0.4, 0.5) is 0 Å². The summed E-state index contributed by atoms with van der Waals surface area (Å²) >= 11 is 0. The van der Waals surface area contributed by atoms with E-state index in [1.807, 2.05) is 13.8 Å². The van der Waals surface area contributed by atoms with Crippen molar-refractivity contribution in [3.8, 4) is 11.5 Å². The molecule has 2 aromatic carbocycles. The number of aromatic hydroxyl groups is 2. The number of carbonyl (C=O) groups excluding carboxylic acids is 3. The van der Waals surface area contributed by atoms with E-state index in [1.54, 1.807) is 38.1 Å². The van der Waals surface area contributed by atoms with Crippen molar-refractivity contribution in [1.82, 2.24) is 16.0 Å². The molecule has 0 aromatic heterocycles. The van der Waals surface area contributed by atoms with Crippen molar-refractivity contribution in [3.63, 3.8) is 0 Å². The predicted molar refractivity (Wildman–Crippen MR) is 149 cm³/mol. The number of carboxylic acids is 1. The van der Waals surface area contributed by atoms with E-state index < -0.39 is 47.9 Å². The highest BCUT2D eigenvalue weighted by Gasteiger charge is 2.32. The van der Waals surface area contributed by atoms with Gasteiger partial charge in [0.1, 0.15) is 29.6 Å². The summed E-state index contributed by atoms with van der Waals surface area (Å²) in [6, 6.07) is 8.06. The summed E-state index contributed by atoms with van der Waals surface area (Å²) < 4.78 is 0. The minimum atomic E-state index is -1.18. The first-order valence-electron chi connectivity index (χ1n) is 13.2. The first kappa shape index (κ1) is 32.1. The molecule has 0 saturated heterocycles. The van der Waals surface area contributed by atoms with Crippen molar-refractivity contribution in [2.75, 3.05) is 0 Å². The normalized spacial score (nSPS) is 14.2. The second-order valence-corrected chi connectivity index (χ2v) is 10.7. The number of carbonyl (C=O) groups is 4. The fourth-order valence-electron chi connectivity index (χ4n) is 4.08. The largest absolute Gasteiger partial charge is 0.508 e. The molecule has 0 fully saturated rings. The van der Waals surface area contributed by atoms with Crippen LogP contribution in [0.25, 0.3) is 0 Å². The number of benzene rings is 2. The highest BCUT2D eigenvalue weighted by Crippen LogP contribution is 2.14. The van der Waals surface area contributed by atoms with Crippen molar-refractivity contribution in [1.29, 1.82) is 0 Å². The molecule has 4 atom stereocenters. The molecular formula is C29H40N4O7. The Kier molecular flexibility index (Phi) is 11.9. The molecule has 11 heteroatoms. The Labute approximate surface area is 234 Å². The third-order valence-corrected chi connectivity index (χ3v) is 6.31. The number of amides is 3. The van der Waals surface area contributed by atoms with Gasteiger partial charge in [0.25, 0.3) is 0 Å². The number of aliphatic carboxylic acids is 1. The van der Waals surface area contributed by atoms with Crippen molar-refractivity contribution < 1.29 is 34.5 Å². The molecule has 0 spiro atoms. The number of hydrogen-bond donors (Lipinski definition) is 7. The lowest BCUT2D eigenvalue weighted by atomic mass is 9.99. The van der Waals surface area contributed by atoms with E-state index in [0.29, 0.717) is 11.1 Å². The number of hydrogen-bond acceptors (Lipinski definition) is 7. The van der Waals surface area contributed by atoms with Gasteiger partial charge in [-0.3, -0.25) is 14.4 Å². The average Bonchev–Trinajstić information content (AvgIpc) is 2.88. The summed E-state index contributed by atoms with van der Waals surface area (Å²) in [7, 11) is 0. The lowest BCUT2D eigenvalue weighted by molar-refractivity contribution is -0.143. The number of nitrogens with two attached hydrogens (primary N) is 1. The number of rotatable bonds is 14. The van der Waals surface area contributed by atoms with E-state index in [1.165, 1.54) is 24.3 Å². The van der Waals surface area contributed by atoms with E-state index in [0.717, 1.165) is 0 Å². The second-order valence-electron chi connectivity index (χ2n) is 10.7. The Morgan fingerprint density at radius 2 is 1.15 bits per heavy atom. The second kappa shape index (κ2) is 14.9. The summed E-state index contributed by atoms with van der Waals surface area (Å²) in [5.74, 6) is -3.33. The standard InChI is InChI=1S/C29H40N4O7/c1-16(2)13-23(28(38)33-25(17(3)4)29(39)40)32-27(37)24(15-19-7-11-21(35)12-8-19)31-26(36)22(30)14-18-5-9-20(34)10-6-18/h5-12,16-17,22-25,34-35H,13-15,30H2,1-4H3,(H,31,36)(H,32,37)(H,33,38)(H,39,40). The van der Waals surface area contributed by atoms with Crippen LogP contribution in [-0.4, -0.2) is 63.2 Å². The molecule has 3 amide bonds. The Bertz CT molecular complexity index is 1150. The van der Waals surface area contributed by atoms with Gasteiger partial charge in [-0.1, -0.05) is 52.0 Å². The summed E-state index contributed by atoms with van der Waals surface area (Å²) in [5, 5.41) is 36.5. The van der Waals surface area contributed by atoms with Gasteiger partial charge >= 0.3 is 5.97 Å². The van der Waals surface area contributed by atoms with Crippen LogP contribution in [0.2, 0.25) is 0 Å². The Morgan fingerprint density at radius 1 is 0.700 bits per heavy atom. The molecule has 0 aliphatic carbocycles. The molecular weight excluding hydrogens is 516 g/mol. The third-order valence-electron chi connectivity index (χ3n) is 6.31. The van der Waals surface area contributed by atoms with Crippen molar-refractivity contribution >= 4 is 23.7 Å². The van der Waals surface area contributed by atoms with Crippen LogP contribution in [-0.2, 0) is 32.0 Å². The number of phenolic OH excluding ortho intramolecular Hbond substituents is 2. The van der Waals surface area contributed by atoms with Crippen LogP contribution in [0.1, 0.15) is 45.2 Å². The Balaban J connectivity index is 2.24. The van der Waals surface area contributed by atoms with E-state index in [4.69, 9.17) is 5.73 Å². The molecule has 2 rings (SSSR count). The molecule has 0 heterocycles. The molecule has 0 saturated carbocycles. The number of phenols is 2. The highest BCUT2D eigenvalue weighted by atomic mass is 16.4. The van der Waals surface area contributed by atoms with E-state index in [-0.39, 0.29) is 42.6 Å². The molecule has 0 bridgehead atoms. The summed E-state index contributed by atoms with van der Waals surface area (Å²) in [4.78, 5) is 51.2. The van der Waals surface area contributed by atoms with Gasteiger partial charge in [-0.2, -0.15) is 0 Å². The first-order chi connectivity index (χ1) is 18.8. The maximum Gasteiger partial charge on any atom is 0.326 e. The van der Waals surface area contributed by atoms with Gasteiger partial charge < -0.3 is 37.0 Å². The fraction of sp³-hybridized carbons (Fsp3) is 0.448. The Hall–Kier alpha value is -4.12. The molecule has 40 heavy (non-hydrogen) atoms. The fourth-order valence-corrected chi connectivity index (χ4v) is 4.08. The zero-order chi connectivity index (χ0) is 30.0. The van der Waals surface area contributed by atoms with E-state index in [2.05, 4.69) is 16.0 Å². The van der Waals surface area contributed by atoms with Crippen molar-refractivity contribution in [2.24, 2.45) is 17.6 Å². The number of carboxylic acid groups (broad SMARTS) is 1. The number of nitrogens with one attached hydrogen (secondary N) is 3. The molecule has 0 aliphatic rings. The minimum Gasteiger partial charge on any atom is -0.508 e. The maximum absolute atomic E-state index is 13.5. The van der Waals surface area contributed by atoms with Gasteiger partial charge in [-0.25, -0.2) is 4.79 Å². The third kappa shape index (κ3) is 10.2. The summed E-state index contributed by atoms with van der Waals surface area (Å²) in [6.45, 7) is 7.06. The van der Waals surface area contributed by atoms with Crippen molar-refractivity contribution in [3.05, 3.63) is 59.7 Å². The van der Waals surface area contributed by atoms with E-state index in [9.17, 15) is 34.5 Å². The van der Waals surface area contributed by atoms with Gasteiger partial charge in [0.05, 0.1) is 6.04 Å². The first-order valence-corrected chi connectivity index (χ1v) is 13.2. The van der Waals surface area contributed by atoms with Crippen LogP contribution >= 0.6 is 0 Å². The molecule has 0 aliphatic heterocycles. The quantitative estimate of drug-likeness (QED) is 0.182. The molecule has 0 radical (unpaired) electrons. The summed E-state index contributed by atoms with van der Waals surface area (Å²) in [6.07, 6.45) is 0.440. The van der Waals surface area contributed by atoms with Crippen LogP contribution in [0, 0.1) is 11.8 Å². The van der Waals surface area contributed by atoms with Gasteiger partial charge in [-0.15, -0.1) is 0 Å². The van der Waals surface area contributed by atoms with Gasteiger partial charge in [0.15, 0.2) is 0 Å². The average molecular weight is 557 g/mol. The zero-order valence-electron chi connectivity index (χ0n) is 23.3. The SMILES string of the molecule is CC(C)CC(NC(=O)C(Cc1ccc(O)cc1)NC(=O)C(N)Cc1ccc(O)cc1)C(=O)NC(C(=O)O)C(C)C. The zero-order valence-corrected chi connectivity index (χ0v) is 23.3. The topological polar surface area (TPSA) is 191 Å². The van der Waals surface area contributed by atoms with Gasteiger partial charge in [-0.05, 0) is 60.1 Å². The predicted octanol–water partition coefficient (Wildman–Crippen LogP) is 1.45. The lowest BCUT2D eigenvalue weighted by Crippen LogP contribution is -2.58. The van der Waals surface area contributed by atoms with Gasteiger partial charge in [0, 0.05) is 6.42 Å². The molecule has 4 unspecified atom stereocenters. The van der Waals surface area contributed by atoms with Crippen molar-refractivity contribution in [2.45, 2.75) is 71.1 Å². The molecule has 8 N–H and O–H groups in total. The maximum atomic E-state index is 13.5. The molecule has 11 nitrogen and oxygen atoms in total. The minimum absolute atomic E-state index is 0.0118. The highest BCUT2D eigenvalue weighted by molar-refractivity contribution is 5.94. The van der Waals surface area contributed by atoms with Crippen LogP contribution < -0.4 is 21.7 Å². The molecule has 2 aromatic rings. The van der Waals surface area contributed by atoms with Crippen LogP contribution in [0.3, 0.4) is 0 Å². The molecule has 218 valence electrons. The summed E-state index contributed by atoms with van der Waals surface area (Å²) in [5.41, 5.74) is 7.47. The Morgan fingerprint density at radius 3 is 1.60 bits per heavy atom.